The second-order valence-electron chi connectivity index (χ2n) is 8.24. The highest BCUT2D eigenvalue weighted by atomic mass is 16.6. The summed E-state index contributed by atoms with van der Waals surface area (Å²) in [5, 5.41) is 10.9. The maximum Gasteiger partial charge on any atom is 0.410 e. The van der Waals surface area contributed by atoms with Crippen molar-refractivity contribution >= 4 is 28.8 Å². The first kappa shape index (κ1) is 20.8. The molecule has 9 heteroatoms. The van der Waals surface area contributed by atoms with Gasteiger partial charge in [-0.3, -0.25) is 0 Å². The van der Waals surface area contributed by atoms with E-state index in [4.69, 9.17) is 14.5 Å². The number of phenolic OH excluding ortho intramolecular Hbond substituents is 1. The zero-order chi connectivity index (χ0) is 21.3. The predicted molar refractivity (Wildman–Crippen MR) is 112 cm³/mol. The third kappa shape index (κ3) is 4.55. The molecule has 0 unspecified atom stereocenters. The van der Waals surface area contributed by atoms with Gasteiger partial charge in [-0.15, -0.1) is 0 Å². The number of anilines is 2. The molecule has 1 aromatic carbocycles. The van der Waals surface area contributed by atoms with E-state index < -0.39 is 5.60 Å². The molecule has 1 aliphatic heterocycles. The number of fused-ring (bicyclic) bond motifs is 1. The summed E-state index contributed by atoms with van der Waals surface area (Å²) >= 11 is 0. The molecular weight excluding hydrogens is 374 g/mol. The number of hydrogen-bond donors (Lipinski definition) is 1. The van der Waals surface area contributed by atoms with Crippen LogP contribution in [0.2, 0.25) is 0 Å². The lowest BCUT2D eigenvalue weighted by molar-refractivity contribution is 0.0240. The van der Waals surface area contributed by atoms with Crippen molar-refractivity contribution in [2.75, 3.05) is 57.2 Å². The fraction of sp³-hybridized carbons (Fsp3) is 0.550. The maximum absolute atomic E-state index is 12.3. The molecule has 3 rings (SSSR count). The molecule has 1 N–H and O–H groups in total. The number of aromatic nitrogens is 2. The minimum absolute atomic E-state index is 0.0316. The van der Waals surface area contributed by atoms with Crippen LogP contribution in [0.5, 0.6) is 11.5 Å². The summed E-state index contributed by atoms with van der Waals surface area (Å²) in [6, 6.07) is 3.34. The van der Waals surface area contributed by atoms with Crippen LogP contribution in [0.4, 0.5) is 16.6 Å². The van der Waals surface area contributed by atoms with Crippen molar-refractivity contribution in [1.82, 2.24) is 14.9 Å². The van der Waals surface area contributed by atoms with E-state index in [1.54, 1.807) is 17.0 Å². The number of methoxy groups -OCH3 is 1. The van der Waals surface area contributed by atoms with Gasteiger partial charge >= 0.3 is 6.09 Å². The smallest absolute Gasteiger partial charge is 0.410 e. The zero-order valence-electron chi connectivity index (χ0n) is 17.9. The van der Waals surface area contributed by atoms with Gasteiger partial charge in [0.15, 0.2) is 11.5 Å². The normalized spacial score (nSPS) is 14.8. The molecular formula is C20H29N5O4. The average Bonchev–Trinajstić information content (AvgIpc) is 2.65. The number of hydrogen-bond acceptors (Lipinski definition) is 8. The van der Waals surface area contributed by atoms with Gasteiger partial charge in [0.1, 0.15) is 11.4 Å². The molecule has 29 heavy (non-hydrogen) atoms. The molecule has 9 nitrogen and oxygen atoms in total. The average molecular weight is 403 g/mol. The van der Waals surface area contributed by atoms with E-state index in [1.807, 2.05) is 39.8 Å². The minimum atomic E-state index is -0.518. The number of ether oxygens (including phenoxy) is 2. The summed E-state index contributed by atoms with van der Waals surface area (Å²) in [7, 11) is 5.25. The van der Waals surface area contributed by atoms with Gasteiger partial charge in [0.2, 0.25) is 5.95 Å². The van der Waals surface area contributed by atoms with E-state index in [0.717, 1.165) is 11.2 Å². The van der Waals surface area contributed by atoms with Gasteiger partial charge in [-0.1, -0.05) is 0 Å². The summed E-state index contributed by atoms with van der Waals surface area (Å²) in [6.45, 7) is 7.88. The molecule has 0 saturated carbocycles. The first-order valence-electron chi connectivity index (χ1n) is 9.58. The number of aromatic hydroxyl groups is 1. The third-order valence-corrected chi connectivity index (χ3v) is 4.60. The van der Waals surface area contributed by atoms with Crippen molar-refractivity contribution in [2.45, 2.75) is 26.4 Å². The molecule has 1 saturated heterocycles. The van der Waals surface area contributed by atoms with Crippen molar-refractivity contribution in [3.05, 3.63) is 12.1 Å². The minimum Gasteiger partial charge on any atom is -0.504 e. The summed E-state index contributed by atoms with van der Waals surface area (Å²) in [6.07, 6.45) is -0.301. The molecule has 0 radical (unpaired) electrons. The second kappa shape index (κ2) is 7.81. The fourth-order valence-electron chi connectivity index (χ4n) is 3.15. The highest BCUT2D eigenvalue weighted by Gasteiger charge is 2.27. The Morgan fingerprint density at radius 2 is 1.79 bits per heavy atom. The van der Waals surface area contributed by atoms with Crippen LogP contribution in [0.3, 0.4) is 0 Å². The van der Waals surface area contributed by atoms with Gasteiger partial charge in [-0.25, -0.2) is 9.78 Å². The van der Waals surface area contributed by atoms with Gasteiger partial charge < -0.3 is 29.3 Å². The number of carbonyl (C=O) groups excluding carboxylic acids is 1. The fourth-order valence-corrected chi connectivity index (χ4v) is 3.15. The lowest BCUT2D eigenvalue weighted by Gasteiger charge is -2.36. The molecule has 1 aliphatic rings. The monoisotopic (exact) mass is 403 g/mol. The summed E-state index contributed by atoms with van der Waals surface area (Å²) in [4.78, 5) is 27.3. The molecule has 1 aromatic heterocycles. The van der Waals surface area contributed by atoms with E-state index in [-0.39, 0.29) is 11.8 Å². The standard InChI is InChI=1S/C20H29N5O4/c1-20(2,3)29-19(27)25-9-7-24(8-10-25)17-13-11-16(28-6)15(26)12-14(13)21-18(22-17)23(4)5/h11-12,26H,7-10H2,1-6H3. The van der Waals surface area contributed by atoms with E-state index in [0.29, 0.717) is 43.4 Å². The molecule has 1 fully saturated rings. The van der Waals surface area contributed by atoms with Crippen LogP contribution < -0.4 is 14.5 Å². The van der Waals surface area contributed by atoms with Crippen molar-refractivity contribution in [2.24, 2.45) is 0 Å². The molecule has 0 spiro atoms. The second-order valence-corrected chi connectivity index (χ2v) is 8.24. The maximum atomic E-state index is 12.3. The van der Waals surface area contributed by atoms with Gasteiger partial charge in [0.25, 0.3) is 0 Å². The Hall–Kier alpha value is -2.97. The van der Waals surface area contributed by atoms with Gasteiger partial charge in [-0.05, 0) is 26.8 Å². The molecule has 0 aliphatic carbocycles. The molecule has 158 valence electrons. The van der Waals surface area contributed by atoms with Crippen LogP contribution in [0.1, 0.15) is 20.8 Å². The Kier molecular flexibility index (Phi) is 5.59. The van der Waals surface area contributed by atoms with E-state index >= 15 is 0 Å². The summed E-state index contributed by atoms with van der Waals surface area (Å²) in [5.74, 6) is 1.70. The number of benzene rings is 1. The van der Waals surface area contributed by atoms with Crippen LogP contribution in [0.25, 0.3) is 10.9 Å². The van der Waals surface area contributed by atoms with Gasteiger partial charge in [-0.2, -0.15) is 4.98 Å². The Labute approximate surface area is 170 Å². The molecule has 2 heterocycles. The number of phenols is 1. The Morgan fingerprint density at radius 1 is 1.14 bits per heavy atom. The van der Waals surface area contributed by atoms with Crippen LogP contribution in [-0.4, -0.2) is 79.1 Å². The van der Waals surface area contributed by atoms with Crippen LogP contribution in [0.15, 0.2) is 12.1 Å². The summed E-state index contributed by atoms with van der Waals surface area (Å²) in [5.41, 5.74) is 0.113. The van der Waals surface area contributed by atoms with E-state index in [9.17, 15) is 9.90 Å². The Bertz CT molecular complexity index is 902. The van der Waals surface area contributed by atoms with Crippen molar-refractivity contribution in [3.63, 3.8) is 0 Å². The molecule has 0 atom stereocenters. The number of carbonyl (C=O) groups is 1. The van der Waals surface area contributed by atoms with Gasteiger partial charge in [0.05, 0.1) is 12.6 Å². The van der Waals surface area contributed by atoms with E-state index in [2.05, 4.69) is 9.88 Å². The van der Waals surface area contributed by atoms with Gasteiger partial charge in [0, 0.05) is 51.7 Å². The zero-order valence-corrected chi connectivity index (χ0v) is 17.9. The predicted octanol–water partition coefficient (Wildman–Crippen LogP) is 2.47. The number of rotatable bonds is 3. The first-order chi connectivity index (χ1) is 13.6. The van der Waals surface area contributed by atoms with Crippen molar-refractivity contribution < 1.29 is 19.4 Å². The molecule has 1 amide bonds. The lowest BCUT2D eigenvalue weighted by Crippen LogP contribution is -2.50. The van der Waals surface area contributed by atoms with Crippen molar-refractivity contribution in [1.29, 1.82) is 0 Å². The Morgan fingerprint density at radius 3 is 2.34 bits per heavy atom. The van der Waals surface area contributed by atoms with Crippen LogP contribution in [-0.2, 0) is 4.74 Å². The van der Waals surface area contributed by atoms with E-state index in [1.165, 1.54) is 7.11 Å². The largest absolute Gasteiger partial charge is 0.504 e. The van der Waals surface area contributed by atoms with Crippen molar-refractivity contribution in [3.8, 4) is 11.5 Å². The summed E-state index contributed by atoms with van der Waals surface area (Å²) < 4.78 is 10.7. The number of piperazine rings is 1. The molecule has 2 aromatic rings. The number of amides is 1. The van der Waals surface area contributed by atoms with Crippen LogP contribution in [0, 0.1) is 0 Å². The Balaban J connectivity index is 1.90. The topological polar surface area (TPSA) is 91.3 Å². The third-order valence-electron chi connectivity index (χ3n) is 4.60. The molecule has 0 bridgehead atoms. The van der Waals surface area contributed by atoms with Crippen LogP contribution >= 0.6 is 0 Å². The number of nitrogens with zero attached hydrogens (tertiary/aromatic N) is 5. The highest BCUT2D eigenvalue weighted by molar-refractivity contribution is 5.93. The highest BCUT2D eigenvalue weighted by Crippen LogP contribution is 2.35. The lowest BCUT2D eigenvalue weighted by atomic mass is 10.2. The first-order valence-corrected chi connectivity index (χ1v) is 9.58. The quantitative estimate of drug-likeness (QED) is 0.836. The SMILES string of the molecule is COc1cc2c(N3CCN(C(=O)OC(C)(C)C)CC3)nc(N(C)C)nc2cc1O.